The molecule has 1 aliphatic rings. The summed E-state index contributed by atoms with van der Waals surface area (Å²) in [6, 6.07) is 0.345. The third-order valence-electron chi connectivity index (χ3n) is 2.72. The lowest BCUT2D eigenvalue weighted by molar-refractivity contribution is 0.0266. The lowest BCUT2D eigenvalue weighted by Gasteiger charge is -2.26. The highest BCUT2D eigenvalue weighted by Gasteiger charge is 2.18. The predicted octanol–water partition coefficient (Wildman–Crippen LogP) is 1.02. The van der Waals surface area contributed by atoms with E-state index in [9.17, 15) is 4.79 Å². The minimum atomic E-state index is -0.378. The van der Waals surface area contributed by atoms with Gasteiger partial charge in [-0.3, -0.25) is 0 Å². The highest BCUT2D eigenvalue weighted by Crippen LogP contribution is 2.19. The van der Waals surface area contributed by atoms with Crippen molar-refractivity contribution >= 4 is 6.09 Å². The Kier molecular flexibility index (Phi) is 6.18. The van der Waals surface area contributed by atoms with Gasteiger partial charge in [0.05, 0.1) is 19.3 Å². The Labute approximate surface area is 96.7 Å². The monoisotopic (exact) mass is 230 g/mol. The maximum absolute atomic E-state index is 10.9. The molecule has 5 nitrogen and oxygen atoms in total. The van der Waals surface area contributed by atoms with Crippen molar-refractivity contribution in [3.8, 4) is 0 Å². The van der Waals surface area contributed by atoms with E-state index >= 15 is 0 Å². The smallest absolute Gasteiger partial charge is 0.407 e. The van der Waals surface area contributed by atoms with Crippen molar-refractivity contribution in [2.24, 2.45) is 5.73 Å². The molecule has 0 spiro atoms. The zero-order chi connectivity index (χ0) is 11.8. The summed E-state index contributed by atoms with van der Waals surface area (Å²) in [6.07, 6.45) is 4.06. The highest BCUT2D eigenvalue weighted by atomic mass is 16.5. The Bertz CT molecular complexity index is 203. The van der Waals surface area contributed by atoms with Gasteiger partial charge in [-0.2, -0.15) is 0 Å². The van der Waals surface area contributed by atoms with Gasteiger partial charge in [0.25, 0.3) is 0 Å². The van der Waals surface area contributed by atoms with Gasteiger partial charge in [0.1, 0.15) is 0 Å². The quantitative estimate of drug-likeness (QED) is 0.691. The predicted molar refractivity (Wildman–Crippen MR) is 61.2 cm³/mol. The van der Waals surface area contributed by atoms with Gasteiger partial charge in [-0.15, -0.1) is 0 Å². The zero-order valence-corrected chi connectivity index (χ0v) is 9.91. The van der Waals surface area contributed by atoms with Crippen LogP contribution in [0.25, 0.3) is 0 Å². The molecule has 1 saturated carbocycles. The Morgan fingerprint density at radius 3 is 2.69 bits per heavy atom. The fraction of sp³-hybridized carbons (Fsp3) is 0.909. The summed E-state index contributed by atoms with van der Waals surface area (Å²) in [5, 5.41) is 2.62. The average molecular weight is 230 g/mol. The summed E-state index contributed by atoms with van der Waals surface area (Å²) in [6.45, 7) is 3.22. The molecule has 5 heteroatoms. The number of hydrogen-bond acceptors (Lipinski definition) is 4. The number of hydrogen-bond donors (Lipinski definition) is 2. The van der Waals surface area contributed by atoms with Crippen molar-refractivity contribution in [1.29, 1.82) is 0 Å². The molecule has 0 atom stereocenters. The van der Waals surface area contributed by atoms with Gasteiger partial charge < -0.3 is 20.5 Å². The summed E-state index contributed by atoms with van der Waals surface area (Å²) in [4.78, 5) is 10.9. The van der Waals surface area contributed by atoms with Crippen LogP contribution in [0.4, 0.5) is 4.79 Å². The van der Waals surface area contributed by atoms with E-state index in [0.717, 1.165) is 25.7 Å². The molecule has 0 aromatic rings. The molecule has 0 aliphatic heterocycles. The molecule has 3 N–H and O–H groups in total. The summed E-state index contributed by atoms with van der Waals surface area (Å²) >= 11 is 0. The van der Waals surface area contributed by atoms with Gasteiger partial charge in [-0.05, 0) is 32.6 Å². The van der Waals surface area contributed by atoms with E-state index in [0.29, 0.717) is 31.9 Å². The fourth-order valence-electron chi connectivity index (χ4n) is 1.82. The van der Waals surface area contributed by atoms with Crippen LogP contribution in [0.15, 0.2) is 0 Å². The van der Waals surface area contributed by atoms with E-state index in [-0.39, 0.29) is 6.09 Å². The maximum atomic E-state index is 10.9. The third-order valence-corrected chi connectivity index (χ3v) is 2.72. The molecular formula is C11H22N2O3. The number of nitrogens with one attached hydrogen (secondary N) is 1. The molecule has 94 valence electrons. The second-order valence-electron chi connectivity index (χ2n) is 4.05. The van der Waals surface area contributed by atoms with Crippen LogP contribution in [0.5, 0.6) is 0 Å². The molecule has 1 amide bonds. The van der Waals surface area contributed by atoms with Crippen LogP contribution in [0.3, 0.4) is 0 Å². The first-order valence-corrected chi connectivity index (χ1v) is 6.00. The number of alkyl carbamates (subject to hydrolysis) is 1. The van der Waals surface area contributed by atoms with E-state index in [4.69, 9.17) is 15.2 Å². The summed E-state index contributed by atoms with van der Waals surface area (Å²) in [5.74, 6) is 0. The molecule has 0 radical (unpaired) electrons. The SMILES string of the molecule is CCOC(=O)NCCOC1CCC(N)CC1. The number of amides is 1. The van der Waals surface area contributed by atoms with Gasteiger partial charge in [0.15, 0.2) is 0 Å². The van der Waals surface area contributed by atoms with Crippen LogP contribution in [-0.2, 0) is 9.47 Å². The van der Waals surface area contributed by atoms with Crippen LogP contribution < -0.4 is 11.1 Å². The second-order valence-corrected chi connectivity index (χ2v) is 4.05. The highest BCUT2D eigenvalue weighted by molar-refractivity contribution is 5.66. The normalized spacial score (nSPS) is 25.1. The van der Waals surface area contributed by atoms with Crippen LogP contribution in [0, 0.1) is 0 Å². The maximum Gasteiger partial charge on any atom is 0.407 e. The minimum absolute atomic E-state index is 0.309. The molecule has 0 aromatic carbocycles. The van der Waals surface area contributed by atoms with E-state index in [2.05, 4.69) is 5.32 Å². The fourth-order valence-corrected chi connectivity index (χ4v) is 1.82. The molecule has 0 unspecified atom stereocenters. The largest absolute Gasteiger partial charge is 0.450 e. The molecule has 1 rings (SSSR count). The van der Waals surface area contributed by atoms with Gasteiger partial charge in [0.2, 0.25) is 0 Å². The number of carbonyl (C=O) groups is 1. The molecule has 1 fully saturated rings. The Balaban J connectivity index is 1.97. The Hall–Kier alpha value is -0.810. The summed E-state index contributed by atoms with van der Waals surface area (Å²) in [5.41, 5.74) is 5.80. The average Bonchev–Trinajstić information content (AvgIpc) is 2.27. The molecule has 16 heavy (non-hydrogen) atoms. The van der Waals surface area contributed by atoms with E-state index in [1.54, 1.807) is 6.92 Å². The number of rotatable bonds is 5. The molecule has 1 aliphatic carbocycles. The number of ether oxygens (including phenoxy) is 2. The van der Waals surface area contributed by atoms with Gasteiger partial charge in [-0.1, -0.05) is 0 Å². The molecule has 0 bridgehead atoms. The number of nitrogens with two attached hydrogens (primary N) is 1. The first kappa shape index (κ1) is 13.3. The van der Waals surface area contributed by atoms with Gasteiger partial charge in [-0.25, -0.2) is 4.79 Å². The zero-order valence-electron chi connectivity index (χ0n) is 9.91. The van der Waals surface area contributed by atoms with Crippen molar-refractivity contribution < 1.29 is 14.3 Å². The van der Waals surface area contributed by atoms with Crippen LogP contribution >= 0.6 is 0 Å². The summed E-state index contributed by atoms with van der Waals surface area (Å²) < 4.78 is 10.4. The first-order valence-electron chi connectivity index (χ1n) is 6.00. The second kappa shape index (κ2) is 7.46. The van der Waals surface area contributed by atoms with Crippen molar-refractivity contribution in [3.63, 3.8) is 0 Å². The van der Waals surface area contributed by atoms with Crippen molar-refractivity contribution in [1.82, 2.24) is 5.32 Å². The minimum Gasteiger partial charge on any atom is -0.450 e. The van der Waals surface area contributed by atoms with Gasteiger partial charge in [0, 0.05) is 12.6 Å². The lowest BCUT2D eigenvalue weighted by atomic mass is 9.94. The topological polar surface area (TPSA) is 73.6 Å². The van der Waals surface area contributed by atoms with Crippen molar-refractivity contribution in [3.05, 3.63) is 0 Å². The Morgan fingerprint density at radius 2 is 2.06 bits per heavy atom. The van der Waals surface area contributed by atoms with E-state index < -0.39 is 0 Å². The standard InChI is InChI=1S/C11H22N2O3/c1-2-15-11(14)13-7-8-16-10-5-3-9(12)4-6-10/h9-10H,2-8,12H2,1H3,(H,13,14). The Morgan fingerprint density at radius 1 is 1.38 bits per heavy atom. The van der Waals surface area contributed by atoms with Crippen LogP contribution in [-0.4, -0.2) is 38.0 Å². The third kappa shape index (κ3) is 5.32. The lowest BCUT2D eigenvalue weighted by Crippen LogP contribution is -2.33. The molecular weight excluding hydrogens is 208 g/mol. The van der Waals surface area contributed by atoms with Crippen LogP contribution in [0.1, 0.15) is 32.6 Å². The van der Waals surface area contributed by atoms with E-state index in [1.165, 1.54) is 0 Å². The van der Waals surface area contributed by atoms with Crippen LogP contribution in [0.2, 0.25) is 0 Å². The molecule has 0 heterocycles. The summed E-state index contributed by atoms with van der Waals surface area (Å²) in [7, 11) is 0. The molecule has 0 saturated heterocycles. The number of carbonyl (C=O) groups excluding carboxylic acids is 1. The van der Waals surface area contributed by atoms with Gasteiger partial charge >= 0.3 is 6.09 Å². The van der Waals surface area contributed by atoms with Crippen molar-refractivity contribution in [2.75, 3.05) is 19.8 Å². The first-order chi connectivity index (χ1) is 7.72. The van der Waals surface area contributed by atoms with Crippen molar-refractivity contribution in [2.45, 2.75) is 44.8 Å². The molecule has 0 aromatic heterocycles. The van der Waals surface area contributed by atoms with E-state index in [1.807, 2.05) is 0 Å².